The fourth-order valence-electron chi connectivity index (χ4n) is 0. The summed E-state index contributed by atoms with van der Waals surface area (Å²) in [6.45, 7) is 11.8. The summed E-state index contributed by atoms with van der Waals surface area (Å²) in [6, 6.07) is 0. The van der Waals surface area contributed by atoms with Gasteiger partial charge in [-0.15, -0.1) is 0 Å². The summed E-state index contributed by atoms with van der Waals surface area (Å²) in [6.07, 6.45) is 0. The monoisotopic (exact) mass is 259 g/mol. The first-order valence-corrected chi connectivity index (χ1v) is 4.85. The van der Waals surface area contributed by atoms with E-state index >= 15 is 0 Å². The maximum absolute atomic E-state index is 4.29. The molecule has 0 aliphatic rings. The number of ether oxygens (including phenoxy) is 3. The molecule has 0 aliphatic heterocycles. The van der Waals surface area contributed by atoms with Crippen molar-refractivity contribution in [1.82, 2.24) is 0 Å². The van der Waals surface area contributed by atoms with Crippen LogP contribution in [-0.2, 0) is 31.6 Å². The van der Waals surface area contributed by atoms with Crippen LogP contribution in [0.25, 0.3) is 0 Å². The second kappa shape index (κ2) is 63.1. The van der Waals surface area contributed by atoms with Crippen LogP contribution in [0.5, 0.6) is 0 Å². The molecule has 0 bridgehead atoms. The molecule has 0 fully saturated rings. The average molecular weight is 259 g/mol. The molecule has 0 unspecified atom stereocenters. The number of hydrogen-bond donors (Lipinski definition) is 0. The molecule has 0 N–H and O–H groups in total. The van der Waals surface area contributed by atoms with Crippen LogP contribution in [0, 0.1) is 21.3 Å². The summed E-state index contributed by atoms with van der Waals surface area (Å²) in [5.74, 6) is 0. The molecule has 15 heavy (non-hydrogen) atoms. The summed E-state index contributed by atoms with van der Waals surface area (Å²) in [4.78, 5) is 0. The van der Waals surface area contributed by atoms with E-state index in [4.69, 9.17) is 0 Å². The van der Waals surface area contributed by atoms with E-state index in [1.807, 2.05) is 34.6 Å². The van der Waals surface area contributed by atoms with Crippen molar-refractivity contribution >= 4 is 0 Å². The zero-order chi connectivity index (χ0) is 12.2. The van der Waals surface area contributed by atoms with Crippen molar-refractivity contribution in [2.24, 2.45) is 0 Å². The fraction of sp³-hybridized carbons (Fsp3) is 0.727. The van der Waals surface area contributed by atoms with E-state index in [0.29, 0.717) is 19.8 Å². The summed E-state index contributed by atoms with van der Waals surface area (Å²) in [5, 5.41) is 0. The molecule has 0 amide bonds. The number of rotatable bonds is 3. The van der Waals surface area contributed by atoms with Crippen LogP contribution >= 0.6 is 0 Å². The molecule has 0 atom stereocenters. The third-order valence-corrected chi connectivity index (χ3v) is 0.612. The van der Waals surface area contributed by atoms with Gasteiger partial charge in [0.15, 0.2) is 0 Å². The molecule has 0 aromatic heterocycles. The van der Waals surface area contributed by atoms with Crippen molar-refractivity contribution in [3.63, 3.8) is 0 Å². The molecule has 0 saturated carbocycles. The molecule has 0 aromatic rings. The number of hydrogen-bond acceptors (Lipinski definition) is 3. The first-order valence-electron chi connectivity index (χ1n) is 4.85. The first kappa shape index (κ1) is 29.5. The third-order valence-electron chi connectivity index (χ3n) is 0.612. The van der Waals surface area contributed by atoms with Crippen molar-refractivity contribution in [3.05, 3.63) is 21.3 Å². The Labute approximate surface area is 108 Å². The SMILES string of the molecule is CC.[CH2-]OCC.[CH2-]OCC.[CH2-]OCC.[Cr+3]. The van der Waals surface area contributed by atoms with Crippen LogP contribution in [0.1, 0.15) is 34.6 Å². The van der Waals surface area contributed by atoms with Crippen LogP contribution in [0.4, 0.5) is 0 Å². The Morgan fingerprint density at radius 2 is 0.733 bits per heavy atom. The molecule has 0 rings (SSSR count). The van der Waals surface area contributed by atoms with Gasteiger partial charge in [-0.3, -0.25) is 0 Å². The van der Waals surface area contributed by atoms with Crippen molar-refractivity contribution in [2.75, 3.05) is 19.8 Å². The topological polar surface area (TPSA) is 27.7 Å². The van der Waals surface area contributed by atoms with Gasteiger partial charge in [0.1, 0.15) is 0 Å². The van der Waals surface area contributed by atoms with Crippen LogP contribution in [0.15, 0.2) is 0 Å². The van der Waals surface area contributed by atoms with E-state index in [2.05, 4.69) is 35.5 Å². The van der Waals surface area contributed by atoms with E-state index in [0.717, 1.165) is 0 Å². The van der Waals surface area contributed by atoms with Gasteiger partial charge >= 0.3 is 17.4 Å². The molecule has 4 heteroatoms. The molecule has 0 heterocycles. The van der Waals surface area contributed by atoms with E-state index in [1.54, 1.807) is 0 Å². The molecule has 0 aliphatic carbocycles. The third kappa shape index (κ3) is 191. The molecule has 1 radical (unpaired) electrons. The van der Waals surface area contributed by atoms with Crippen molar-refractivity contribution in [3.8, 4) is 0 Å². The maximum Gasteiger partial charge on any atom is 3.00 e. The average Bonchev–Trinajstić information content (AvgIpc) is 2.31. The zero-order valence-corrected chi connectivity index (χ0v) is 12.2. The van der Waals surface area contributed by atoms with Gasteiger partial charge in [-0.25, -0.2) is 21.3 Å². The van der Waals surface area contributed by atoms with Crippen molar-refractivity contribution in [1.29, 1.82) is 0 Å². The summed E-state index contributed by atoms with van der Waals surface area (Å²) in [5.41, 5.74) is 0. The van der Waals surface area contributed by atoms with Crippen LogP contribution < -0.4 is 0 Å². The van der Waals surface area contributed by atoms with Crippen LogP contribution in [-0.4, -0.2) is 19.8 Å². The van der Waals surface area contributed by atoms with E-state index in [9.17, 15) is 0 Å². The van der Waals surface area contributed by atoms with Gasteiger partial charge < -0.3 is 14.2 Å². The van der Waals surface area contributed by atoms with Gasteiger partial charge in [0, 0.05) is 19.8 Å². The summed E-state index contributed by atoms with van der Waals surface area (Å²) >= 11 is 0. The van der Waals surface area contributed by atoms with Crippen molar-refractivity contribution < 1.29 is 31.6 Å². The Morgan fingerprint density at radius 3 is 0.733 bits per heavy atom. The molecule has 0 saturated heterocycles. The minimum Gasteiger partial charge on any atom is -0.555 e. The molecular formula is C11H27CrO3. The van der Waals surface area contributed by atoms with Gasteiger partial charge in [-0.1, -0.05) is 13.8 Å². The Balaban J connectivity index is -0.0000000298. The summed E-state index contributed by atoms with van der Waals surface area (Å²) in [7, 11) is 9.31. The van der Waals surface area contributed by atoms with E-state index < -0.39 is 0 Å². The minimum atomic E-state index is 0. The quantitative estimate of drug-likeness (QED) is 0.726. The first-order chi connectivity index (χ1) is 6.74. The smallest absolute Gasteiger partial charge is 0.555 e. The second-order valence-electron chi connectivity index (χ2n) is 1.48. The van der Waals surface area contributed by atoms with E-state index in [-0.39, 0.29) is 17.4 Å². The van der Waals surface area contributed by atoms with E-state index in [1.165, 1.54) is 0 Å². The molecule has 0 spiro atoms. The van der Waals surface area contributed by atoms with Crippen LogP contribution in [0.2, 0.25) is 0 Å². The van der Waals surface area contributed by atoms with Gasteiger partial charge in [-0.05, 0) is 20.8 Å². The Morgan fingerprint density at radius 1 is 0.667 bits per heavy atom. The zero-order valence-electron chi connectivity index (χ0n) is 10.9. The normalized spacial score (nSPS) is 6.40. The van der Waals surface area contributed by atoms with Crippen molar-refractivity contribution in [2.45, 2.75) is 34.6 Å². The van der Waals surface area contributed by atoms with Gasteiger partial charge in [0.2, 0.25) is 0 Å². The Kier molecular flexibility index (Phi) is 124. The molecular weight excluding hydrogens is 232 g/mol. The van der Waals surface area contributed by atoms with Gasteiger partial charge in [-0.2, -0.15) is 0 Å². The Bertz CT molecular complexity index is 31.3. The predicted octanol–water partition coefficient (Wildman–Crippen LogP) is 3.47. The molecule has 95 valence electrons. The fourth-order valence-corrected chi connectivity index (χ4v) is 0. The largest absolute Gasteiger partial charge is 3.00 e. The summed E-state index contributed by atoms with van der Waals surface area (Å²) < 4.78 is 12.9. The second-order valence-corrected chi connectivity index (χ2v) is 1.48. The molecule has 3 nitrogen and oxygen atoms in total. The van der Waals surface area contributed by atoms with Gasteiger partial charge in [0.05, 0.1) is 0 Å². The van der Waals surface area contributed by atoms with Gasteiger partial charge in [0.25, 0.3) is 0 Å². The maximum atomic E-state index is 4.29. The predicted molar refractivity (Wildman–Crippen MR) is 62.3 cm³/mol. The minimum absolute atomic E-state index is 0. The standard InChI is InChI=1S/3C3H7O.C2H6.Cr/c3*1-3-4-2;1-2;/h3*2-3H2,1H3;1-2H3;/q3*-1;;+3. The van der Waals surface area contributed by atoms with Crippen LogP contribution in [0.3, 0.4) is 0 Å². The Hall–Kier alpha value is 0.412. The molecule has 0 aromatic carbocycles.